The molecule has 1 aliphatic rings. The molecule has 10 nitrogen and oxygen atoms in total. The molecule has 0 bridgehead atoms. The number of ether oxygens (including phenoxy) is 1. The fraction of sp³-hybridized carbons (Fsp3) is 0.273. The lowest BCUT2D eigenvalue weighted by Crippen LogP contribution is -2.61. The Labute approximate surface area is 184 Å². The molecule has 3 heterocycles. The topological polar surface area (TPSA) is 118 Å². The first-order chi connectivity index (χ1) is 15.4. The molecule has 2 aromatic heterocycles. The van der Waals surface area contributed by atoms with Crippen molar-refractivity contribution in [2.75, 3.05) is 25.2 Å². The third-order valence-corrected chi connectivity index (χ3v) is 5.66. The van der Waals surface area contributed by atoms with Crippen LogP contribution in [0.1, 0.15) is 6.92 Å². The maximum atomic E-state index is 12.8. The molecular weight excluding hydrogens is 414 g/mol. The van der Waals surface area contributed by atoms with Crippen molar-refractivity contribution in [1.29, 1.82) is 0 Å². The first kappa shape index (κ1) is 21.5. The standard InChI is InChI=1S/C22H23N5O5/c1-15-14-27(22(30)31,20-5-3-4-8-23-20)19-11-16(17-12-24-25(13-17)9-10-28)6-7-18(19)26(15)21(29)32-2/h3-8,11-13,15,28H,9-10,14H2,1-2H3/p+1/t15-,27?/m0/s1. The highest BCUT2D eigenvalue weighted by Crippen LogP contribution is 2.47. The van der Waals surface area contributed by atoms with Crippen molar-refractivity contribution in [3.8, 4) is 11.1 Å². The van der Waals surface area contributed by atoms with E-state index in [-0.39, 0.29) is 13.2 Å². The summed E-state index contributed by atoms with van der Waals surface area (Å²) in [5, 5.41) is 23.9. The summed E-state index contributed by atoms with van der Waals surface area (Å²) in [5.74, 6) is 0.339. The minimum absolute atomic E-state index is 0.0457. The SMILES string of the molecule is COC(=O)N1c2ccc(-c3cnn(CCO)c3)cc2[N+](C(=O)O)(c2ccccn2)C[C@@H]1C. The van der Waals surface area contributed by atoms with Crippen molar-refractivity contribution in [3.63, 3.8) is 0 Å². The molecule has 0 radical (unpaired) electrons. The van der Waals surface area contributed by atoms with E-state index in [9.17, 15) is 14.7 Å². The van der Waals surface area contributed by atoms with E-state index in [1.54, 1.807) is 60.5 Å². The van der Waals surface area contributed by atoms with Gasteiger partial charge in [0.2, 0.25) is 5.82 Å². The summed E-state index contributed by atoms with van der Waals surface area (Å²) in [5.41, 5.74) is 2.32. The number of carboxylic acid groups (broad SMARTS) is 1. The van der Waals surface area contributed by atoms with E-state index in [2.05, 4.69) is 10.1 Å². The number of nitrogens with zero attached hydrogens (tertiary/aromatic N) is 5. The third-order valence-electron chi connectivity index (χ3n) is 5.66. The zero-order chi connectivity index (χ0) is 22.9. The highest BCUT2D eigenvalue weighted by atomic mass is 16.5. The van der Waals surface area contributed by atoms with Crippen LogP contribution in [0.25, 0.3) is 11.1 Å². The smallest absolute Gasteiger partial charge is 0.452 e. The van der Waals surface area contributed by atoms with E-state index >= 15 is 0 Å². The number of rotatable bonds is 4. The number of aliphatic hydroxyl groups is 1. The van der Waals surface area contributed by atoms with Gasteiger partial charge in [0, 0.05) is 30.1 Å². The number of pyridine rings is 1. The first-order valence-electron chi connectivity index (χ1n) is 10.1. The number of anilines is 1. The van der Waals surface area contributed by atoms with E-state index in [1.165, 1.54) is 12.0 Å². The maximum absolute atomic E-state index is 12.8. The van der Waals surface area contributed by atoms with Gasteiger partial charge in [-0.15, -0.1) is 4.48 Å². The minimum atomic E-state index is -1.10. The Morgan fingerprint density at radius 2 is 2.06 bits per heavy atom. The van der Waals surface area contributed by atoms with E-state index in [4.69, 9.17) is 9.84 Å². The van der Waals surface area contributed by atoms with Crippen LogP contribution in [0.4, 0.5) is 26.8 Å². The van der Waals surface area contributed by atoms with Crippen LogP contribution in [0.3, 0.4) is 0 Å². The van der Waals surface area contributed by atoms with Gasteiger partial charge < -0.3 is 14.9 Å². The summed E-state index contributed by atoms with van der Waals surface area (Å²) >= 11 is 0. The van der Waals surface area contributed by atoms with Crippen molar-refractivity contribution >= 4 is 29.4 Å². The van der Waals surface area contributed by atoms with Crippen LogP contribution in [0.15, 0.2) is 55.0 Å². The summed E-state index contributed by atoms with van der Waals surface area (Å²) in [7, 11) is 1.30. The number of hydrogen-bond acceptors (Lipinski definition) is 6. The van der Waals surface area contributed by atoms with Crippen LogP contribution in [-0.2, 0) is 11.3 Å². The number of fused-ring (bicyclic) bond motifs is 1. The molecule has 2 amide bonds. The molecule has 0 spiro atoms. The summed E-state index contributed by atoms with van der Waals surface area (Å²) < 4.78 is 6.02. The van der Waals surface area contributed by atoms with Crippen LogP contribution in [0.5, 0.6) is 0 Å². The number of benzene rings is 1. The van der Waals surface area contributed by atoms with Crippen molar-refractivity contribution < 1.29 is 24.5 Å². The predicted molar refractivity (Wildman–Crippen MR) is 118 cm³/mol. The van der Waals surface area contributed by atoms with Crippen LogP contribution < -0.4 is 9.38 Å². The Hall–Kier alpha value is -3.76. The summed E-state index contributed by atoms with van der Waals surface area (Å²) in [6.07, 6.45) is 3.31. The van der Waals surface area contributed by atoms with E-state index in [0.717, 1.165) is 11.1 Å². The molecule has 2 N–H and O–H groups in total. The van der Waals surface area contributed by atoms with Gasteiger partial charge in [0.1, 0.15) is 12.2 Å². The largest absolute Gasteiger partial charge is 0.525 e. The van der Waals surface area contributed by atoms with Crippen molar-refractivity contribution in [3.05, 3.63) is 55.0 Å². The molecule has 2 atom stereocenters. The summed E-state index contributed by atoms with van der Waals surface area (Å²) in [4.78, 5) is 31.2. The molecule has 4 rings (SSSR count). The number of aromatic nitrogens is 3. The number of aliphatic hydroxyl groups excluding tert-OH is 1. The molecule has 1 aromatic carbocycles. The molecule has 0 aliphatic carbocycles. The van der Waals surface area contributed by atoms with Crippen LogP contribution >= 0.6 is 0 Å². The Balaban J connectivity index is 1.96. The second-order valence-corrected chi connectivity index (χ2v) is 7.57. The average Bonchev–Trinajstić information content (AvgIpc) is 3.27. The first-order valence-corrected chi connectivity index (χ1v) is 10.1. The van der Waals surface area contributed by atoms with E-state index in [1.807, 2.05) is 6.07 Å². The van der Waals surface area contributed by atoms with Gasteiger partial charge in [-0.2, -0.15) is 9.89 Å². The zero-order valence-corrected chi connectivity index (χ0v) is 17.8. The van der Waals surface area contributed by atoms with E-state index < -0.39 is 22.7 Å². The maximum Gasteiger partial charge on any atom is 0.525 e. The molecule has 32 heavy (non-hydrogen) atoms. The normalized spacial score (nSPS) is 20.0. The molecule has 0 saturated carbocycles. The van der Waals surface area contributed by atoms with Crippen LogP contribution in [0.2, 0.25) is 0 Å². The summed E-state index contributed by atoms with van der Waals surface area (Å²) in [6, 6.07) is 9.95. The fourth-order valence-corrected chi connectivity index (χ4v) is 4.22. The Morgan fingerprint density at radius 3 is 2.72 bits per heavy atom. The van der Waals surface area contributed by atoms with E-state index in [0.29, 0.717) is 23.7 Å². The molecule has 0 fully saturated rings. The van der Waals surface area contributed by atoms with Crippen molar-refractivity contribution in [2.45, 2.75) is 19.5 Å². The lowest BCUT2D eigenvalue weighted by Gasteiger charge is -2.42. The Bertz CT molecular complexity index is 1150. The number of methoxy groups -OCH3 is 1. The highest BCUT2D eigenvalue weighted by molar-refractivity contribution is 6.01. The molecular formula is C22H24N5O5+. The molecule has 0 saturated heterocycles. The van der Waals surface area contributed by atoms with Gasteiger partial charge in [0.05, 0.1) is 32.5 Å². The monoisotopic (exact) mass is 438 g/mol. The van der Waals surface area contributed by atoms with Gasteiger partial charge in [-0.25, -0.2) is 9.78 Å². The van der Waals surface area contributed by atoms with Crippen molar-refractivity contribution in [1.82, 2.24) is 19.2 Å². The molecule has 1 aliphatic heterocycles. The van der Waals surface area contributed by atoms with Gasteiger partial charge in [-0.05, 0) is 24.6 Å². The molecule has 1 unspecified atom stereocenters. The summed E-state index contributed by atoms with van der Waals surface area (Å²) in [6.45, 7) is 2.16. The quantitative estimate of drug-likeness (QED) is 0.601. The highest BCUT2D eigenvalue weighted by Gasteiger charge is 2.53. The Morgan fingerprint density at radius 1 is 1.25 bits per heavy atom. The second kappa shape index (κ2) is 8.40. The molecule has 166 valence electrons. The number of amides is 2. The van der Waals surface area contributed by atoms with Gasteiger partial charge in [-0.1, -0.05) is 12.1 Å². The van der Waals surface area contributed by atoms with Crippen LogP contribution in [0, 0.1) is 0 Å². The third kappa shape index (κ3) is 3.39. The van der Waals surface area contributed by atoms with Gasteiger partial charge in [0.25, 0.3) is 0 Å². The zero-order valence-electron chi connectivity index (χ0n) is 17.8. The lowest BCUT2D eigenvalue weighted by atomic mass is 10.0. The lowest BCUT2D eigenvalue weighted by molar-refractivity contribution is 0.154. The Kier molecular flexibility index (Phi) is 5.64. The van der Waals surface area contributed by atoms with Gasteiger partial charge in [0.15, 0.2) is 5.69 Å². The number of hydrogen-bond donors (Lipinski definition) is 2. The van der Waals surface area contributed by atoms with Gasteiger partial charge >= 0.3 is 12.2 Å². The number of carbonyl (C=O) groups is 2. The predicted octanol–water partition coefficient (Wildman–Crippen LogP) is 3.23. The molecule has 3 aromatic rings. The number of carbonyl (C=O) groups excluding carboxylic acids is 1. The second-order valence-electron chi connectivity index (χ2n) is 7.57. The van der Waals surface area contributed by atoms with Crippen molar-refractivity contribution in [2.24, 2.45) is 0 Å². The molecule has 10 heteroatoms. The minimum Gasteiger partial charge on any atom is -0.452 e. The fourth-order valence-electron chi connectivity index (χ4n) is 4.22. The van der Waals surface area contributed by atoms with Gasteiger partial charge in [-0.3, -0.25) is 9.58 Å². The number of quaternary nitrogens is 1. The average molecular weight is 438 g/mol. The van der Waals surface area contributed by atoms with Crippen LogP contribution in [-0.4, -0.2) is 63.5 Å².